The van der Waals surface area contributed by atoms with Crippen LogP contribution in [0.5, 0.6) is 0 Å². The summed E-state index contributed by atoms with van der Waals surface area (Å²) in [7, 11) is 0. The van der Waals surface area contributed by atoms with Crippen LogP contribution in [-0.4, -0.2) is 6.29 Å². The first kappa shape index (κ1) is 11.8. The minimum atomic E-state index is -0.387. The van der Waals surface area contributed by atoms with Crippen LogP contribution < -0.4 is 5.73 Å². The number of hydrogen-bond donors (Lipinski definition) is 1. The summed E-state index contributed by atoms with van der Waals surface area (Å²) in [6, 6.07) is 9.77. The second kappa shape index (κ2) is 4.67. The lowest BCUT2D eigenvalue weighted by molar-refractivity contribution is 0.112. The highest BCUT2D eigenvalue weighted by Crippen LogP contribution is 2.30. The molecule has 0 heterocycles. The summed E-state index contributed by atoms with van der Waals surface area (Å²) in [6.45, 7) is 0. The maximum absolute atomic E-state index is 13.9. The molecule has 0 radical (unpaired) electrons. The molecule has 4 heteroatoms. The Labute approximate surface area is 106 Å². The average Bonchev–Trinajstić information content (AvgIpc) is 2.34. The quantitative estimate of drug-likeness (QED) is 0.678. The van der Waals surface area contributed by atoms with E-state index in [1.54, 1.807) is 30.3 Å². The Morgan fingerprint density at radius 3 is 2.71 bits per heavy atom. The average molecular weight is 294 g/mol. The van der Waals surface area contributed by atoms with Gasteiger partial charge in [0.15, 0.2) is 0 Å². The van der Waals surface area contributed by atoms with Gasteiger partial charge in [0.2, 0.25) is 0 Å². The number of nitrogen functional groups attached to an aromatic ring is 1. The van der Waals surface area contributed by atoms with Crippen LogP contribution in [-0.2, 0) is 0 Å². The molecule has 0 aliphatic rings. The number of carbonyl (C=O) groups excluding carboxylic acids is 1. The summed E-state index contributed by atoms with van der Waals surface area (Å²) in [5.74, 6) is -0.387. The van der Waals surface area contributed by atoms with Crippen molar-refractivity contribution in [1.29, 1.82) is 0 Å². The number of hydrogen-bond acceptors (Lipinski definition) is 2. The van der Waals surface area contributed by atoms with Gasteiger partial charge in [-0.15, -0.1) is 0 Å². The highest BCUT2D eigenvalue weighted by atomic mass is 79.9. The highest BCUT2D eigenvalue weighted by molar-refractivity contribution is 9.10. The van der Waals surface area contributed by atoms with Crippen LogP contribution in [0.1, 0.15) is 10.4 Å². The maximum Gasteiger partial charge on any atom is 0.150 e. The maximum atomic E-state index is 13.9. The normalized spacial score (nSPS) is 10.2. The Morgan fingerprint density at radius 2 is 2.00 bits per heavy atom. The predicted molar refractivity (Wildman–Crippen MR) is 69.3 cm³/mol. The van der Waals surface area contributed by atoms with Gasteiger partial charge in [-0.3, -0.25) is 4.79 Å². The van der Waals surface area contributed by atoms with Crippen molar-refractivity contribution in [2.45, 2.75) is 0 Å². The minimum absolute atomic E-state index is 0.309. The summed E-state index contributed by atoms with van der Waals surface area (Å²) in [6.07, 6.45) is 0.725. The molecule has 0 spiro atoms. The van der Waals surface area contributed by atoms with Gasteiger partial charge in [0, 0.05) is 16.8 Å². The fourth-order valence-corrected chi connectivity index (χ4v) is 2.08. The van der Waals surface area contributed by atoms with E-state index in [2.05, 4.69) is 15.9 Å². The van der Waals surface area contributed by atoms with E-state index < -0.39 is 0 Å². The monoisotopic (exact) mass is 293 g/mol. The van der Waals surface area contributed by atoms with Crippen LogP contribution in [0.3, 0.4) is 0 Å². The fourth-order valence-electron chi connectivity index (χ4n) is 1.60. The Kier molecular flexibility index (Phi) is 3.24. The third-order valence-corrected chi connectivity index (χ3v) is 2.96. The Hall–Kier alpha value is -1.68. The van der Waals surface area contributed by atoms with Crippen LogP contribution in [0, 0.1) is 5.82 Å². The Bertz CT molecular complexity index is 584. The van der Waals surface area contributed by atoms with E-state index in [4.69, 9.17) is 5.73 Å². The fraction of sp³-hybridized carbons (Fsp3) is 0. The molecule has 2 aromatic carbocycles. The van der Waals surface area contributed by atoms with E-state index >= 15 is 0 Å². The first-order valence-electron chi connectivity index (χ1n) is 4.92. The summed E-state index contributed by atoms with van der Waals surface area (Å²) in [4.78, 5) is 10.7. The summed E-state index contributed by atoms with van der Waals surface area (Å²) in [5, 5.41) is 0. The summed E-state index contributed by atoms with van der Waals surface area (Å²) >= 11 is 3.11. The third-order valence-electron chi connectivity index (χ3n) is 2.38. The number of rotatable bonds is 2. The molecule has 2 rings (SSSR count). The summed E-state index contributed by atoms with van der Waals surface area (Å²) in [5.41, 5.74) is 7.63. The van der Waals surface area contributed by atoms with Gasteiger partial charge in [0.1, 0.15) is 12.1 Å². The van der Waals surface area contributed by atoms with Gasteiger partial charge < -0.3 is 5.73 Å². The van der Waals surface area contributed by atoms with E-state index in [-0.39, 0.29) is 5.82 Å². The van der Waals surface area contributed by atoms with Crippen molar-refractivity contribution in [2.24, 2.45) is 0 Å². The van der Waals surface area contributed by atoms with E-state index in [9.17, 15) is 9.18 Å². The van der Waals surface area contributed by atoms with Crippen molar-refractivity contribution < 1.29 is 9.18 Å². The number of benzene rings is 2. The van der Waals surface area contributed by atoms with Crippen molar-refractivity contribution in [2.75, 3.05) is 5.73 Å². The molecule has 2 aromatic rings. The van der Waals surface area contributed by atoms with Gasteiger partial charge in [0.25, 0.3) is 0 Å². The van der Waals surface area contributed by atoms with Crippen molar-refractivity contribution in [3.63, 3.8) is 0 Å². The molecule has 0 saturated heterocycles. The van der Waals surface area contributed by atoms with Crippen molar-refractivity contribution in [3.8, 4) is 11.1 Å². The molecule has 0 unspecified atom stereocenters. The molecule has 2 nitrogen and oxygen atoms in total. The zero-order valence-electron chi connectivity index (χ0n) is 8.78. The van der Waals surface area contributed by atoms with Gasteiger partial charge in [-0.25, -0.2) is 4.39 Å². The largest absolute Gasteiger partial charge is 0.399 e. The van der Waals surface area contributed by atoms with Gasteiger partial charge in [-0.2, -0.15) is 0 Å². The number of carbonyl (C=O) groups is 1. The molecule has 0 amide bonds. The zero-order chi connectivity index (χ0) is 12.4. The van der Waals surface area contributed by atoms with E-state index in [1.807, 2.05) is 0 Å². The topological polar surface area (TPSA) is 43.1 Å². The molecule has 17 heavy (non-hydrogen) atoms. The van der Waals surface area contributed by atoms with E-state index in [0.717, 1.165) is 6.29 Å². The zero-order valence-corrected chi connectivity index (χ0v) is 10.4. The number of anilines is 1. The van der Waals surface area contributed by atoms with Crippen LogP contribution in [0.25, 0.3) is 11.1 Å². The van der Waals surface area contributed by atoms with Crippen LogP contribution in [0.2, 0.25) is 0 Å². The molecular weight excluding hydrogens is 285 g/mol. The first-order chi connectivity index (χ1) is 8.11. The van der Waals surface area contributed by atoms with Crippen LogP contribution in [0.15, 0.2) is 40.9 Å². The van der Waals surface area contributed by atoms with Gasteiger partial charge in [-0.1, -0.05) is 18.2 Å². The number of halogens is 2. The first-order valence-corrected chi connectivity index (χ1v) is 5.71. The molecular formula is C13H9BrFNO. The smallest absolute Gasteiger partial charge is 0.150 e. The van der Waals surface area contributed by atoms with Gasteiger partial charge >= 0.3 is 0 Å². The predicted octanol–water partition coefficient (Wildman–Crippen LogP) is 3.65. The van der Waals surface area contributed by atoms with E-state index in [1.165, 1.54) is 6.07 Å². The second-order valence-corrected chi connectivity index (χ2v) is 4.46. The Balaban J connectivity index is 2.63. The van der Waals surface area contributed by atoms with Crippen molar-refractivity contribution in [1.82, 2.24) is 0 Å². The molecule has 0 saturated carbocycles. The Morgan fingerprint density at radius 1 is 1.24 bits per heavy atom. The second-order valence-electron chi connectivity index (χ2n) is 3.61. The van der Waals surface area contributed by atoms with Crippen LogP contribution in [0.4, 0.5) is 10.1 Å². The molecule has 2 N–H and O–H groups in total. The van der Waals surface area contributed by atoms with Crippen molar-refractivity contribution >= 4 is 27.9 Å². The molecule has 0 bridgehead atoms. The lowest BCUT2D eigenvalue weighted by atomic mass is 10.0. The van der Waals surface area contributed by atoms with Gasteiger partial charge in [-0.05, 0) is 39.7 Å². The lowest BCUT2D eigenvalue weighted by Crippen LogP contribution is -1.92. The molecule has 0 aliphatic heterocycles. The number of nitrogens with two attached hydrogens (primary N) is 1. The minimum Gasteiger partial charge on any atom is -0.399 e. The van der Waals surface area contributed by atoms with Crippen LogP contribution >= 0.6 is 15.9 Å². The number of aldehydes is 1. The molecule has 0 atom stereocenters. The highest BCUT2D eigenvalue weighted by Gasteiger charge is 2.10. The summed E-state index contributed by atoms with van der Waals surface area (Å²) < 4.78 is 14.2. The van der Waals surface area contributed by atoms with Crippen molar-refractivity contribution in [3.05, 3.63) is 52.3 Å². The molecule has 0 aromatic heterocycles. The standard InChI is InChI=1S/C13H9BrFNO/c14-12-6-10(16)5-11(13(12)15)9-3-1-2-8(4-9)7-17/h1-7H,16H2. The lowest BCUT2D eigenvalue weighted by Gasteiger charge is -2.07. The third kappa shape index (κ3) is 2.36. The molecule has 86 valence electrons. The SMILES string of the molecule is Nc1cc(Br)c(F)c(-c2cccc(C=O)c2)c1. The van der Waals surface area contributed by atoms with Gasteiger partial charge in [0.05, 0.1) is 4.47 Å². The van der Waals surface area contributed by atoms with E-state index in [0.29, 0.717) is 26.9 Å². The molecule has 0 aliphatic carbocycles. The molecule has 0 fully saturated rings.